The number of anilines is 1. The Kier molecular flexibility index (Phi) is 4.00. The highest BCUT2D eigenvalue weighted by molar-refractivity contribution is 9.10. The highest BCUT2D eigenvalue weighted by atomic mass is 79.9. The fourth-order valence-electron chi connectivity index (χ4n) is 2.95. The third-order valence-corrected chi connectivity index (χ3v) is 5.01. The molecule has 1 aliphatic rings. The summed E-state index contributed by atoms with van der Waals surface area (Å²) in [4.78, 5) is 0. The highest BCUT2D eigenvalue weighted by Gasteiger charge is 2.37. The molecular weight excluding hydrogens is 350 g/mol. The molecule has 21 heavy (non-hydrogen) atoms. The zero-order chi connectivity index (χ0) is 15.0. The van der Waals surface area contributed by atoms with Gasteiger partial charge in [-0.25, -0.2) is 0 Å². The van der Waals surface area contributed by atoms with Crippen molar-refractivity contribution < 1.29 is 5.11 Å². The first-order valence-corrected chi connectivity index (χ1v) is 8.18. The van der Waals surface area contributed by atoms with E-state index >= 15 is 0 Å². The Bertz CT molecular complexity index is 672. The van der Waals surface area contributed by atoms with Crippen molar-refractivity contribution in [3.05, 3.63) is 63.1 Å². The first-order chi connectivity index (χ1) is 9.98. The number of aryl methyl sites for hydroxylation is 1. The van der Waals surface area contributed by atoms with Crippen LogP contribution in [-0.4, -0.2) is 11.1 Å². The van der Waals surface area contributed by atoms with E-state index in [0.717, 1.165) is 28.6 Å². The molecule has 2 nitrogen and oxygen atoms in total. The van der Waals surface area contributed by atoms with Gasteiger partial charge in [0.15, 0.2) is 0 Å². The van der Waals surface area contributed by atoms with E-state index in [-0.39, 0.29) is 6.04 Å². The second-order valence-corrected chi connectivity index (χ2v) is 6.99. The first kappa shape index (κ1) is 14.9. The van der Waals surface area contributed by atoms with Crippen LogP contribution in [-0.2, 0) is 12.0 Å². The second kappa shape index (κ2) is 5.64. The minimum atomic E-state index is -1.02. The lowest BCUT2D eigenvalue weighted by molar-refractivity contribution is 0.0323. The third-order valence-electron chi connectivity index (χ3n) is 4.20. The molecule has 0 saturated heterocycles. The average Bonchev–Trinajstić information content (AvgIpc) is 2.46. The van der Waals surface area contributed by atoms with Crippen molar-refractivity contribution in [2.75, 3.05) is 5.32 Å². The molecular formula is C17H17BrClNO. The lowest BCUT2D eigenvalue weighted by Crippen LogP contribution is -2.44. The minimum Gasteiger partial charge on any atom is -0.383 e. The molecule has 0 spiro atoms. The largest absolute Gasteiger partial charge is 0.383 e. The molecule has 0 fully saturated rings. The fraction of sp³-hybridized carbons (Fsp3) is 0.294. The van der Waals surface area contributed by atoms with Gasteiger partial charge in [-0.2, -0.15) is 0 Å². The van der Waals surface area contributed by atoms with Crippen LogP contribution in [0.1, 0.15) is 24.5 Å². The van der Waals surface area contributed by atoms with Crippen LogP contribution in [0.3, 0.4) is 0 Å². The lowest BCUT2D eigenvalue weighted by Gasteiger charge is -2.38. The van der Waals surface area contributed by atoms with E-state index in [1.165, 1.54) is 5.56 Å². The number of benzene rings is 2. The summed E-state index contributed by atoms with van der Waals surface area (Å²) in [5.74, 6) is 0. The van der Waals surface area contributed by atoms with Gasteiger partial charge in [0.2, 0.25) is 0 Å². The van der Waals surface area contributed by atoms with E-state index < -0.39 is 5.60 Å². The molecule has 3 rings (SSSR count). The van der Waals surface area contributed by atoms with Gasteiger partial charge in [-0.3, -0.25) is 0 Å². The topological polar surface area (TPSA) is 32.3 Å². The van der Waals surface area contributed by atoms with Gasteiger partial charge >= 0.3 is 0 Å². The van der Waals surface area contributed by atoms with Gasteiger partial charge in [-0.05, 0) is 43.5 Å². The van der Waals surface area contributed by atoms with Crippen LogP contribution in [0, 0.1) is 0 Å². The third kappa shape index (κ3) is 2.83. The van der Waals surface area contributed by atoms with E-state index in [4.69, 9.17) is 11.6 Å². The number of nitrogens with one attached hydrogen (secondary N) is 1. The Morgan fingerprint density at radius 1 is 1.29 bits per heavy atom. The molecule has 0 aromatic heterocycles. The standard InChI is InChI=1S/C17H17BrClNO/c1-17(21,13-8-7-12(18)10-14(13)19)16-9-6-11-4-2-3-5-15(11)20-16/h2-5,7-8,10,16,20-21H,6,9H2,1H3. The summed E-state index contributed by atoms with van der Waals surface area (Å²) in [6, 6.07) is 13.8. The molecule has 2 atom stereocenters. The van der Waals surface area contributed by atoms with E-state index in [1.807, 2.05) is 37.3 Å². The van der Waals surface area contributed by atoms with E-state index in [9.17, 15) is 5.11 Å². The molecule has 1 aliphatic heterocycles. The number of hydrogen-bond acceptors (Lipinski definition) is 2. The summed E-state index contributed by atoms with van der Waals surface area (Å²) in [6.07, 6.45) is 1.83. The summed E-state index contributed by atoms with van der Waals surface area (Å²) < 4.78 is 0.911. The first-order valence-electron chi connectivity index (χ1n) is 7.01. The van der Waals surface area contributed by atoms with Crippen LogP contribution in [0.5, 0.6) is 0 Å². The molecule has 0 aliphatic carbocycles. The summed E-state index contributed by atoms with van der Waals surface area (Å²) in [5, 5.41) is 15.1. The molecule has 0 bridgehead atoms. The number of aliphatic hydroxyl groups is 1. The van der Waals surface area contributed by atoms with E-state index in [0.29, 0.717) is 5.02 Å². The summed E-state index contributed by atoms with van der Waals surface area (Å²) in [6.45, 7) is 1.83. The second-order valence-electron chi connectivity index (χ2n) is 5.66. The maximum Gasteiger partial charge on any atom is 0.108 e. The molecule has 4 heteroatoms. The molecule has 0 radical (unpaired) electrons. The Labute approximate surface area is 138 Å². The lowest BCUT2D eigenvalue weighted by atomic mass is 9.82. The van der Waals surface area contributed by atoms with Gasteiger partial charge in [0.1, 0.15) is 5.60 Å². The minimum absolute atomic E-state index is 0.0638. The monoisotopic (exact) mass is 365 g/mol. The van der Waals surface area contributed by atoms with Gasteiger partial charge in [0.05, 0.1) is 6.04 Å². The van der Waals surface area contributed by atoms with E-state index in [2.05, 4.69) is 33.4 Å². The normalized spacial score (nSPS) is 20.3. The number of halogens is 2. The zero-order valence-corrected chi connectivity index (χ0v) is 14.1. The van der Waals surface area contributed by atoms with Gasteiger partial charge < -0.3 is 10.4 Å². The fourth-order valence-corrected chi connectivity index (χ4v) is 3.81. The molecule has 1 heterocycles. The predicted molar refractivity (Wildman–Crippen MR) is 90.9 cm³/mol. The van der Waals surface area contributed by atoms with Crippen molar-refractivity contribution >= 4 is 33.2 Å². The van der Waals surface area contributed by atoms with Crippen LogP contribution in [0.4, 0.5) is 5.69 Å². The molecule has 2 aromatic carbocycles. The number of para-hydroxylation sites is 1. The van der Waals surface area contributed by atoms with Crippen molar-refractivity contribution in [2.24, 2.45) is 0 Å². The SMILES string of the molecule is CC(O)(c1ccc(Br)cc1Cl)C1CCc2ccccc2N1. The van der Waals surface area contributed by atoms with Crippen LogP contribution in [0.15, 0.2) is 46.9 Å². The maximum absolute atomic E-state index is 11.0. The van der Waals surface area contributed by atoms with Crippen LogP contribution < -0.4 is 5.32 Å². The molecule has 2 N–H and O–H groups in total. The predicted octanol–water partition coefficient (Wildman–Crippen LogP) is 4.74. The van der Waals surface area contributed by atoms with Gasteiger partial charge in [0, 0.05) is 20.7 Å². The average molecular weight is 367 g/mol. The van der Waals surface area contributed by atoms with Crippen molar-refractivity contribution in [3.8, 4) is 0 Å². The molecule has 2 aromatic rings. The summed E-state index contributed by atoms with van der Waals surface area (Å²) in [7, 11) is 0. The van der Waals surface area contributed by atoms with Crippen molar-refractivity contribution in [2.45, 2.75) is 31.4 Å². The van der Waals surface area contributed by atoms with Crippen LogP contribution in [0.2, 0.25) is 5.02 Å². The Hall–Kier alpha value is -1.03. The van der Waals surface area contributed by atoms with Crippen molar-refractivity contribution in [1.29, 1.82) is 0 Å². The summed E-state index contributed by atoms with van der Waals surface area (Å²) in [5.41, 5.74) is 2.13. The quantitative estimate of drug-likeness (QED) is 0.805. The van der Waals surface area contributed by atoms with Gasteiger partial charge in [0.25, 0.3) is 0 Å². The molecule has 2 unspecified atom stereocenters. The van der Waals surface area contributed by atoms with E-state index in [1.54, 1.807) is 0 Å². The maximum atomic E-state index is 11.0. The van der Waals surface area contributed by atoms with Crippen molar-refractivity contribution in [1.82, 2.24) is 0 Å². The number of fused-ring (bicyclic) bond motifs is 1. The van der Waals surface area contributed by atoms with Crippen LogP contribution in [0.25, 0.3) is 0 Å². The number of rotatable bonds is 2. The zero-order valence-electron chi connectivity index (χ0n) is 11.7. The molecule has 110 valence electrons. The Morgan fingerprint density at radius 2 is 2.05 bits per heavy atom. The Morgan fingerprint density at radius 3 is 2.81 bits per heavy atom. The summed E-state index contributed by atoms with van der Waals surface area (Å²) >= 11 is 9.71. The number of hydrogen-bond donors (Lipinski definition) is 2. The molecule has 0 saturated carbocycles. The Balaban J connectivity index is 1.92. The highest BCUT2D eigenvalue weighted by Crippen LogP contribution is 2.38. The van der Waals surface area contributed by atoms with Crippen molar-refractivity contribution in [3.63, 3.8) is 0 Å². The van der Waals surface area contributed by atoms with Crippen LogP contribution >= 0.6 is 27.5 Å². The van der Waals surface area contributed by atoms with Gasteiger partial charge in [-0.15, -0.1) is 0 Å². The molecule has 0 amide bonds. The van der Waals surface area contributed by atoms with Gasteiger partial charge in [-0.1, -0.05) is 51.8 Å². The smallest absolute Gasteiger partial charge is 0.108 e.